The van der Waals surface area contributed by atoms with E-state index in [1.165, 1.54) is 6.92 Å². The normalized spacial score (nSPS) is 26.2. The average Bonchev–Trinajstić information content (AvgIpc) is 2.87. The number of carbonyl (C=O) groups is 2. The minimum absolute atomic E-state index is 0.0380. The SMILES string of the molecule is COc1ccc(C[C@H]2NC[C@H](O)[C@H]2OC(=O)C2CN(C(C)=O)C2)cc1. The van der Waals surface area contributed by atoms with Crippen molar-refractivity contribution in [3.8, 4) is 5.75 Å². The van der Waals surface area contributed by atoms with Gasteiger partial charge in [-0.15, -0.1) is 0 Å². The maximum atomic E-state index is 12.3. The zero-order valence-corrected chi connectivity index (χ0v) is 14.5. The number of amides is 1. The molecule has 25 heavy (non-hydrogen) atoms. The molecule has 0 aliphatic carbocycles. The first-order valence-corrected chi connectivity index (χ1v) is 8.48. The molecular weight excluding hydrogens is 324 g/mol. The van der Waals surface area contributed by atoms with E-state index in [1.807, 2.05) is 24.3 Å². The van der Waals surface area contributed by atoms with Crippen molar-refractivity contribution in [1.82, 2.24) is 10.2 Å². The maximum absolute atomic E-state index is 12.3. The summed E-state index contributed by atoms with van der Waals surface area (Å²) < 4.78 is 10.7. The van der Waals surface area contributed by atoms with Crippen LogP contribution >= 0.6 is 0 Å². The number of rotatable bonds is 5. The fraction of sp³-hybridized carbons (Fsp3) is 0.556. The van der Waals surface area contributed by atoms with Gasteiger partial charge in [-0.3, -0.25) is 9.59 Å². The van der Waals surface area contributed by atoms with Gasteiger partial charge in [-0.2, -0.15) is 0 Å². The van der Waals surface area contributed by atoms with Gasteiger partial charge >= 0.3 is 5.97 Å². The van der Waals surface area contributed by atoms with Crippen molar-refractivity contribution >= 4 is 11.9 Å². The van der Waals surface area contributed by atoms with E-state index in [0.717, 1.165) is 11.3 Å². The lowest BCUT2D eigenvalue weighted by Crippen LogP contribution is -2.54. The molecule has 1 aromatic rings. The van der Waals surface area contributed by atoms with Crippen molar-refractivity contribution in [2.75, 3.05) is 26.7 Å². The molecule has 2 fully saturated rings. The van der Waals surface area contributed by atoms with Crippen molar-refractivity contribution in [1.29, 1.82) is 0 Å². The summed E-state index contributed by atoms with van der Waals surface area (Å²) in [5.41, 5.74) is 1.07. The van der Waals surface area contributed by atoms with Gasteiger partial charge in [-0.25, -0.2) is 0 Å². The molecule has 0 aromatic heterocycles. The van der Waals surface area contributed by atoms with Crippen LogP contribution < -0.4 is 10.1 Å². The summed E-state index contributed by atoms with van der Waals surface area (Å²) in [7, 11) is 1.62. The molecule has 0 radical (unpaired) electrons. The van der Waals surface area contributed by atoms with Crippen LogP contribution in [0.15, 0.2) is 24.3 Å². The van der Waals surface area contributed by atoms with Crippen LogP contribution in [0.25, 0.3) is 0 Å². The van der Waals surface area contributed by atoms with Crippen molar-refractivity contribution < 1.29 is 24.2 Å². The Morgan fingerprint density at radius 3 is 2.56 bits per heavy atom. The molecule has 0 spiro atoms. The first-order chi connectivity index (χ1) is 12.0. The summed E-state index contributed by atoms with van der Waals surface area (Å²) in [6, 6.07) is 7.54. The van der Waals surface area contributed by atoms with Crippen LogP contribution in [0.3, 0.4) is 0 Å². The van der Waals surface area contributed by atoms with Crippen LogP contribution in [0.2, 0.25) is 0 Å². The van der Waals surface area contributed by atoms with Crippen LogP contribution in [0.4, 0.5) is 0 Å². The third-order valence-electron chi connectivity index (χ3n) is 4.89. The maximum Gasteiger partial charge on any atom is 0.312 e. The fourth-order valence-electron chi connectivity index (χ4n) is 3.25. The Hall–Kier alpha value is -2.12. The lowest BCUT2D eigenvalue weighted by atomic mass is 9.99. The molecule has 136 valence electrons. The fourth-order valence-corrected chi connectivity index (χ4v) is 3.25. The Labute approximate surface area is 146 Å². The third kappa shape index (κ3) is 3.93. The van der Waals surface area contributed by atoms with E-state index in [-0.39, 0.29) is 23.8 Å². The van der Waals surface area contributed by atoms with E-state index in [0.29, 0.717) is 26.1 Å². The number of hydrogen-bond donors (Lipinski definition) is 2. The van der Waals surface area contributed by atoms with Gasteiger partial charge in [-0.1, -0.05) is 12.1 Å². The number of likely N-dealkylation sites (tertiary alicyclic amines) is 1. The molecule has 3 rings (SSSR count). The number of ether oxygens (including phenoxy) is 2. The standard InChI is InChI=1S/C18H24N2O5/c1-11(21)20-9-13(10-20)18(23)25-17-15(19-8-16(17)22)7-12-3-5-14(24-2)6-4-12/h3-6,13,15-17,19,22H,7-10H2,1-2H3/t15-,16+,17+/m1/s1. The Bertz CT molecular complexity index is 627. The number of benzene rings is 1. The molecule has 2 heterocycles. The molecular formula is C18H24N2O5. The summed E-state index contributed by atoms with van der Waals surface area (Å²) in [4.78, 5) is 25.1. The Morgan fingerprint density at radius 1 is 1.28 bits per heavy atom. The number of nitrogens with zero attached hydrogens (tertiary/aromatic N) is 1. The zero-order valence-electron chi connectivity index (χ0n) is 14.5. The topological polar surface area (TPSA) is 88.1 Å². The van der Waals surface area contributed by atoms with Crippen LogP contribution in [-0.2, 0) is 20.7 Å². The lowest BCUT2D eigenvalue weighted by Gasteiger charge is -2.37. The summed E-state index contributed by atoms with van der Waals surface area (Å²) >= 11 is 0. The number of β-amino-alcohol motifs (C(OH)–C–C–N with tert-alkyl or cyclic N) is 1. The highest BCUT2D eigenvalue weighted by atomic mass is 16.6. The summed E-state index contributed by atoms with van der Waals surface area (Å²) in [6.45, 7) is 2.67. The molecule has 7 heteroatoms. The molecule has 1 amide bonds. The molecule has 0 saturated carbocycles. The second-order valence-electron chi connectivity index (χ2n) is 6.66. The number of aliphatic hydroxyl groups is 1. The van der Waals surface area contributed by atoms with Gasteiger partial charge in [0.15, 0.2) is 0 Å². The summed E-state index contributed by atoms with van der Waals surface area (Å²) in [5, 5.41) is 13.4. The molecule has 0 unspecified atom stereocenters. The molecule has 2 aliphatic heterocycles. The lowest BCUT2D eigenvalue weighted by molar-refractivity contribution is -0.166. The van der Waals surface area contributed by atoms with E-state index < -0.39 is 12.2 Å². The predicted octanol–water partition coefficient (Wildman–Crippen LogP) is -0.0395. The number of nitrogens with one attached hydrogen (secondary N) is 1. The monoisotopic (exact) mass is 348 g/mol. The van der Waals surface area contributed by atoms with Crippen molar-refractivity contribution in [3.63, 3.8) is 0 Å². The largest absolute Gasteiger partial charge is 0.497 e. The first kappa shape index (κ1) is 17.7. The van der Waals surface area contributed by atoms with Crippen LogP contribution in [0, 0.1) is 5.92 Å². The Morgan fingerprint density at radius 2 is 1.96 bits per heavy atom. The van der Waals surface area contributed by atoms with Crippen LogP contribution in [0.5, 0.6) is 5.75 Å². The minimum Gasteiger partial charge on any atom is -0.497 e. The summed E-state index contributed by atoms with van der Waals surface area (Å²) in [6.07, 6.45) is -0.666. The number of carbonyl (C=O) groups excluding carboxylic acids is 2. The molecule has 7 nitrogen and oxygen atoms in total. The highest BCUT2D eigenvalue weighted by molar-refractivity contribution is 5.80. The number of esters is 1. The smallest absolute Gasteiger partial charge is 0.312 e. The predicted molar refractivity (Wildman–Crippen MR) is 90.1 cm³/mol. The number of methoxy groups -OCH3 is 1. The minimum atomic E-state index is -0.726. The van der Waals surface area contributed by atoms with E-state index >= 15 is 0 Å². The van der Waals surface area contributed by atoms with Gasteiger partial charge in [0.05, 0.1) is 19.1 Å². The van der Waals surface area contributed by atoms with E-state index in [9.17, 15) is 14.7 Å². The Kier molecular flexibility index (Phi) is 5.24. The number of hydrogen-bond acceptors (Lipinski definition) is 6. The average molecular weight is 348 g/mol. The van der Waals surface area contributed by atoms with Gasteiger partial charge in [0.25, 0.3) is 0 Å². The van der Waals surface area contributed by atoms with Gasteiger partial charge < -0.3 is 24.8 Å². The zero-order chi connectivity index (χ0) is 18.0. The second kappa shape index (κ2) is 7.41. The molecule has 2 N–H and O–H groups in total. The molecule has 2 saturated heterocycles. The van der Waals surface area contributed by atoms with Crippen molar-refractivity contribution in [2.45, 2.75) is 31.6 Å². The van der Waals surface area contributed by atoms with E-state index in [4.69, 9.17) is 9.47 Å². The van der Waals surface area contributed by atoms with Gasteiger partial charge in [0.1, 0.15) is 18.0 Å². The molecule has 1 aromatic carbocycles. The summed E-state index contributed by atoms with van der Waals surface area (Å²) in [5.74, 6) is 0.110. The van der Waals surface area contributed by atoms with Gasteiger partial charge in [-0.05, 0) is 24.1 Å². The molecule has 0 bridgehead atoms. The van der Waals surface area contributed by atoms with Gasteiger partial charge in [0, 0.05) is 26.6 Å². The first-order valence-electron chi connectivity index (χ1n) is 8.48. The molecule has 2 aliphatic rings. The van der Waals surface area contributed by atoms with Crippen molar-refractivity contribution in [3.05, 3.63) is 29.8 Å². The third-order valence-corrected chi connectivity index (χ3v) is 4.89. The second-order valence-corrected chi connectivity index (χ2v) is 6.66. The van der Waals surface area contributed by atoms with Crippen LogP contribution in [-0.4, -0.2) is 66.9 Å². The van der Waals surface area contributed by atoms with E-state index in [2.05, 4.69) is 5.32 Å². The van der Waals surface area contributed by atoms with Crippen LogP contribution in [0.1, 0.15) is 12.5 Å². The highest BCUT2D eigenvalue weighted by Crippen LogP contribution is 2.23. The van der Waals surface area contributed by atoms with E-state index in [1.54, 1.807) is 12.0 Å². The Balaban J connectivity index is 1.57. The highest BCUT2D eigenvalue weighted by Gasteiger charge is 2.42. The molecule has 3 atom stereocenters. The quantitative estimate of drug-likeness (QED) is 0.726. The van der Waals surface area contributed by atoms with Crippen molar-refractivity contribution in [2.24, 2.45) is 5.92 Å². The number of aliphatic hydroxyl groups excluding tert-OH is 1. The van der Waals surface area contributed by atoms with Gasteiger partial charge in [0.2, 0.25) is 5.91 Å².